The molecule has 0 saturated heterocycles. The number of aliphatic hydroxyl groups is 1. The van der Waals surface area contributed by atoms with E-state index in [2.05, 4.69) is 31.9 Å². The zero-order chi connectivity index (χ0) is 36.0. The van der Waals surface area contributed by atoms with Crippen molar-refractivity contribution in [1.82, 2.24) is 30.5 Å². The monoisotopic (exact) mass is 693 g/mol. The van der Waals surface area contributed by atoms with E-state index in [1.807, 2.05) is 43.4 Å². The van der Waals surface area contributed by atoms with Crippen LogP contribution in [0.25, 0.3) is 10.9 Å². The first kappa shape index (κ1) is 41.3. The average molecular weight is 694 g/mol. The highest BCUT2D eigenvalue weighted by atomic mass is 16.6. The molecule has 0 spiro atoms. The number of fused-ring (bicyclic) bond motifs is 1. The third kappa shape index (κ3) is 15.1. The summed E-state index contributed by atoms with van der Waals surface area (Å²) in [7, 11) is 5.19. The number of nitrogens with one attached hydrogen (secondary N) is 3. The molecule has 0 fully saturated rings. The standard InChI is InChI=1S/C32H51N7O10/c1-24(31(43)36-45)38(4)30(42)10-13-46-15-17-48-19-20-49-18-16-47-14-11-34-32(44)27(23-40)35-29(41)9-12-39-26(22-37(3)33-2)21-25-7-5-6-8-28(25)39/h5-8,21,24,27,33,40H,9-20,22-23H2,1-4H3,(H,34,44)(H,35,41)/t24-,27-/m0/s1. The molecule has 17 nitrogen and oxygen atoms in total. The lowest BCUT2D eigenvalue weighted by atomic mass is 10.2. The number of aliphatic hydroxyl groups excluding tert-OH is 1. The molecule has 0 bridgehead atoms. The maximum atomic E-state index is 12.7. The molecular weight excluding hydrogens is 642 g/mol. The molecule has 0 aliphatic rings. The Balaban J connectivity index is 1.51. The molecule has 4 amide bonds. The number of likely N-dealkylation sites (N-methyl/N-ethyl adjacent to an activating group) is 1. The number of rotatable bonds is 26. The lowest BCUT2D eigenvalue weighted by molar-refractivity contribution is -0.138. The number of aryl methyl sites for hydroxylation is 1. The number of carbonyl (C=O) groups excluding carboxylic acids is 4. The summed E-state index contributed by atoms with van der Waals surface area (Å²) in [6.07, 6.45) is 0.191. The average Bonchev–Trinajstić information content (AvgIpc) is 3.46. The van der Waals surface area contributed by atoms with Gasteiger partial charge in [0.1, 0.15) is 12.1 Å². The Morgan fingerprint density at radius 2 is 1.53 bits per heavy atom. The number of ether oxygens (including phenoxy) is 4. The maximum absolute atomic E-state index is 12.7. The number of nitroso groups, excluding NO2 is 1. The van der Waals surface area contributed by atoms with E-state index >= 15 is 0 Å². The molecule has 1 heterocycles. The topological polar surface area (TPSA) is 202 Å². The Bertz CT molecular complexity index is 1320. The molecule has 4 N–H and O–H groups in total. The normalized spacial score (nSPS) is 12.5. The Morgan fingerprint density at radius 1 is 0.918 bits per heavy atom. The van der Waals surface area contributed by atoms with Gasteiger partial charge in [-0.3, -0.25) is 24.6 Å². The minimum Gasteiger partial charge on any atom is -0.394 e. The molecule has 0 radical (unpaired) electrons. The van der Waals surface area contributed by atoms with Crippen molar-refractivity contribution in [2.75, 3.05) is 87.1 Å². The van der Waals surface area contributed by atoms with E-state index in [4.69, 9.17) is 18.9 Å². The number of aromatic nitrogens is 1. The van der Waals surface area contributed by atoms with Crippen LogP contribution < -0.4 is 16.1 Å². The minimum atomic E-state index is -1.07. The number of para-hydroxylation sites is 1. The zero-order valence-electron chi connectivity index (χ0n) is 28.9. The Labute approximate surface area is 286 Å². The highest BCUT2D eigenvalue weighted by Gasteiger charge is 2.23. The van der Waals surface area contributed by atoms with Gasteiger partial charge in [-0.05, 0) is 31.5 Å². The van der Waals surface area contributed by atoms with Gasteiger partial charge in [0.25, 0.3) is 0 Å². The molecule has 0 aliphatic carbocycles. The second-order valence-electron chi connectivity index (χ2n) is 11.1. The van der Waals surface area contributed by atoms with Gasteiger partial charge in [-0.25, -0.2) is 5.01 Å². The van der Waals surface area contributed by atoms with Gasteiger partial charge in [0, 0.05) is 50.0 Å². The van der Waals surface area contributed by atoms with E-state index in [0.717, 1.165) is 21.5 Å². The van der Waals surface area contributed by atoms with Crippen molar-refractivity contribution in [2.45, 2.75) is 44.9 Å². The minimum absolute atomic E-state index is 0.0581. The number of nitrogens with zero attached hydrogens (tertiary/aromatic N) is 4. The fourth-order valence-electron chi connectivity index (χ4n) is 4.58. The highest BCUT2D eigenvalue weighted by molar-refractivity contribution is 5.88. The first-order chi connectivity index (χ1) is 23.6. The summed E-state index contributed by atoms with van der Waals surface area (Å²) >= 11 is 0. The van der Waals surface area contributed by atoms with Crippen LogP contribution in [0.3, 0.4) is 0 Å². The Kier molecular flexibility index (Phi) is 19.8. The number of amides is 4. The van der Waals surface area contributed by atoms with E-state index in [9.17, 15) is 29.2 Å². The van der Waals surface area contributed by atoms with Crippen molar-refractivity contribution in [1.29, 1.82) is 0 Å². The quantitative estimate of drug-likeness (QED) is 0.0575. The number of hydrazine groups is 1. The van der Waals surface area contributed by atoms with Crippen molar-refractivity contribution in [3.05, 3.63) is 40.9 Å². The van der Waals surface area contributed by atoms with Gasteiger partial charge >= 0.3 is 5.91 Å². The van der Waals surface area contributed by atoms with Crippen LogP contribution in [0.1, 0.15) is 25.5 Å². The number of carbonyl (C=O) groups is 4. The predicted octanol–water partition coefficient (Wildman–Crippen LogP) is -0.213. The van der Waals surface area contributed by atoms with Gasteiger partial charge in [-0.15, -0.1) is 4.91 Å². The van der Waals surface area contributed by atoms with Crippen LogP contribution in [0.2, 0.25) is 0 Å². The van der Waals surface area contributed by atoms with Gasteiger partial charge in [0.2, 0.25) is 17.7 Å². The second kappa shape index (κ2) is 23.5. The maximum Gasteiger partial charge on any atom is 0.308 e. The molecule has 2 atom stereocenters. The fraction of sp³-hybridized carbons (Fsp3) is 0.625. The highest BCUT2D eigenvalue weighted by Crippen LogP contribution is 2.21. The van der Waals surface area contributed by atoms with Crippen LogP contribution in [0.4, 0.5) is 0 Å². The predicted molar refractivity (Wildman–Crippen MR) is 180 cm³/mol. The van der Waals surface area contributed by atoms with Crippen LogP contribution in [-0.4, -0.2) is 142 Å². The first-order valence-electron chi connectivity index (χ1n) is 16.2. The van der Waals surface area contributed by atoms with Crippen molar-refractivity contribution < 1.29 is 43.2 Å². The van der Waals surface area contributed by atoms with Crippen molar-refractivity contribution in [3.8, 4) is 0 Å². The van der Waals surface area contributed by atoms with Gasteiger partial charge in [-0.2, -0.15) is 0 Å². The van der Waals surface area contributed by atoms with Crippen LogP contribution in [0.15, 0.2) is 35.5 Å². The molecule has 49 heavy (non-hydrogen) atoms. The number of hydrogen-bond donors (Lipinski definition) is 4. The molecule has 1 aromatic carbocycles. The summed E-state index contributed by atoms with van der Waals surface area (Å²) < 4.78 is 23.7. The van der Waals surface area contributed by atoms with E-state index in [0.29, 0.717) is 46.1 Å². The molecule has 0 saturated carbocycles. The molecule has 2 rings (SSSR count). The number of benzene rings is 1. The largest absolute Gasteiger partial charge is 0.394 e. The van der Waals surface area contributed by atoms with E-state index in [1.54, 1.807) is 0 Å². The van der Waals surface area contributed by atoms with Crippen LogP contribution >= 0.6 is 0 Å². The van der Waals surface area contributed by atoms with Gasteiger partial charge in [-0.1, -0.05) is 18.2 Å². The fourth-order valence-corrected chi connectivity index (χ4v) is 4.58. The number of hydrogen-bond acceptors (Lipinski definition) is 12. The van der Waals surface area contributed by atoms with Gasteiger partial charge in [0.15, 0.2) is 0 Å². The van der Waals surface area contributed by atoms with Crippen LogP contribution in [0.5, 0.6) is 0 Å². The summed E-state index contributed by atoms with van der Waals surface area (Å²) in [5.74, 6) is -2.09. The summed E-state index contributed by atoms with van der Waals surface area (Å²) in [6.45, 7) is 4.40. The summed E-state index contributed by atoms with van der Waals surface area (Å²) in [4.78, 5) is 59.9. The lowest BCUT2D eigenvalue weighted by Crippen LogP contribution is -2.49. The van der Waals surface area contributed by atoms with Gasteiger partial charge in [0.05, 0.1) is 72.4 Å². The molecule has 1 aromatic heterocycles. The second-order valence-corrected chi connectivity index (χ2v) is 11.1. The van der Waals surface area contributed by atoms with Crippen LogP contribution in [-0.2, 0) is 51.2 Å². The van der Waals surface area contributed by atoms with Gasteiger partial charge < -0.3 is 44.2 Å². The summed E-state index contributed by atoms with van der Waals surface area (Å²) in [6, 6.07) is 8.05. The Morgan fingerprint density at radius 3 is 2.14 bits per heavy atom. The SMILES string of the molecule is CNN(C)Cc1cc2ccccc2n1CCC(=O)N[C@@H](CO)C(=O)NCCOCCOCCOCCOCCC(=O)N(C)[C@@H](C)C(=O)N=O. The molecule has 274 valence electrons. The van der Waals surface area contributed by atoms with E-state index < -0.39 is 30.5 Å². The third-order valence-corrected chi connectivity index (χ3v) is 7.62. The molecular formula is C32H51N7O10. The summed E-state index contributed by atoms with van der Waals surface area (Å²) in [5.41, 5.74) is 5.13. The van der Waals surface area contributed by atoms with E-state index in [1.165, 1.54) is 14.0 Å². The summed E-state index contributed by atoms with van der Waals surface area (Å²) in [5, 5.41) is 20.3. The van der Waals surface area contributed by atoms with Crippen LogP contribution in [0, 0.1) is 4.91 Å². The smallest absolute Gasteiger partial charge is 0.308 e. The van der Waals surface area contributed by atoms with Crippen molar-refractivity contribution in [3.63, 3.8) is 0 Å². The van der Waals surface area contributed by atoms with E-state index in [-0.39, 0.29) is 51.0 Å². The zero-order valence-corrected chi connectivity index (χ0v) is 28.9. The van der Waals surface area contributed by atoms with Crippen molar-refractivity contribution in [2.24, 2.45) is 5.18 Å². The molecule has 2 aromatic rings. The lowest BCUT2D eigenvalue weighted by Gasteiger charge is -2.21. The molecule has 0 unspecified atom stereocenters. The Hall–Kier alpha value is -3.84. The van der Waals surface area contributed by atoms with Crippen molar-refractivity contribution >= 4 is 34.5 Å². The molecule has 17 heteroatoms. The first-order valence-corrected chi connectivity index (χ1v) is 16.2. The third-order valence-electron chi connectivity index (χ3n) is 7.62. The molecule has 0 aliphatic heterocycles.